The molecule has 0 unspecified atom stereocenters. The number of nitrogens with two attached hydrogens (primary N) is 1. The zero-order chi connectivity index (χ0) is 26.9. The van der Waals surface area contributed by atoms with Gasteiger partial charge in [0.25, 0.3) is 10.0 Å². The quantitative estimate of drug-likeness (QED) is 0.284. The zero-order valence-corrected chi connectivity index (χ0v) is 21.0. The van der Waals surface area contributed by atoms with Gasteiger partial charge in [0.2, 0.25) is 5.88 Å². The minimum absolute atomic E-state index is 0.00554. The number of ether oxygens (including phenoxy) is 1. The second-order valence-corrected chi connectivity index (χ2v) is 10.2. The van der Waals surface area contributed by atoms with Crippen LogP contribution in [0.2, 0.25) is 0 Å². The Morgan fingerprint density at radius 3 is 2.47 bits per heavy atom. The molecule has 10 heteroatoms. The molecule has 192 valence electrons. The van der Waals surface area contributed by atoms with Crippen molar-refractivity contribution >= 4 is 32.4 Å². The van der Waals surface area contributed by atoms with Crippen molar-refractivity contribution in [2.75, 3.05) is 17.6 Å². The van der Waals surface area contributed by atoms with E-state index in [1.165, 1.54) is 19.4 Å². The van der Waals surface area contributed by atoms with Crippen molar-refractivity contribution in [3.05, 3.63) is 108 Å². The molecule has 3 aromatic carbocycles. The molecule has 2 heterocycles. The molecule has 38 heavy (non-hydrogen) atoms. The number of anilines is 2. The Balaban J connectivity index is 1.51. The largest absolute Gasteiger partial charge is 0.480 e. The Labute approximate surface area is 218 Å². The van der Waals surface area contributed by atoms with Gasteiger partial charge in [0, 0.05) is 29.6 Å². The molecule has 0 saturated carbocycles. The highest BCUT2D eigenvalue weighted by atomic mass is 32.2. The average molecular weight is 533 g/mol. The third-order valence-corrected chi connectivity index (χ3v) is 7.37. The number of aromatic nitrogens is 2. The number of hydrogen-bond donors (Lipinski definition) is 2. The maximum absolute atomic E-state index is 14.2. The lowest BCUT2D eigenvalue weighted by Crippen LogP contribution is -2.15. The highest BCUT2D eigenvalue weighted by Gasteiger charge is 2.22. The summed E-state index contributed by atoms with van der Waals surface area (Å²) in [5.74, 6) is -1.67. The number of nitrogens with one attached hydrogen (secondary N) is 1. The Kier molecular flexibility index (Phi) is 6.64. The van der Waals surface area contributed by atoms with Gasteiger partial charge < -0.3 is 10.5 Å². The number of benzene rings is 3. The van der Waals surface area contributed by atoms with Gasteiger partial charge in [-0.25, -0.2) is 27.2 Å². The molecule has 0 aliphatic heterocycles. The molecule has 0 saturated heterocycles. The van der Waals surface area contributed by atoms with Crippen molar-refractivity contribution in [1.82, 2.24) is 9.97 Å². The van der Waals surface area contributed by atoms with Crippen LogP contribution in [0.25, 0.3) is 22.0 Å². The smallest absolute Gasteiger partial charge is 0.264 e. The Morgan fingerprint density at radius 2 is 1.74 bits per heavy atom. The van der Waals surface area contributed by atoms with Crippen LogP contribution < -0.4 is 15.2 Å². The van der Waals surface area contributed by atoms with E-state index >= 15 is 0 Å². The maximum Gasteiger partial charge on any atom is 0.264 e. The van der Waals surface area contributed by atoms with Crippen LogP contribution >= 0.6 is 0 Å². The van der Waals surface area contributed by atoms with E-state index in [-0.39, 0.29) is 11.6 Å². The second-order valence-electron chi connectivity index (χ2n) is 8.56. The highest BCUT2D eigenvalue weighted by molar-refractivity contribution is 7.92. The molecule has 5 aromatic rings. The SMILES string of the molecule is COc1ncc(-c2ccc3nc(N)c(Cc4ccccc4)cc3c2)cc1NS(=O)(=O)c1ccc(F)cc1F. The summed E-state index contributed by atoms with van der Waals surface area (Å²) in [6.07, 6.45) is 2.15. The van der Waals surface area contributed by atoms with Crippen LogP contribution in [0.5, 0.6) is 5.88 Å². The maximum atomic E-state index is 14.2. The minimum Gasteiger partial charge on any atom is -0.480 e. The first-order chi connectivity index (χ1) is 18.2. The van der Waals surface area contributed by atoms with Crippen molar-refractivity contribution in [2.24, 2.45) is 0 Å². The van der Waals surface area contributed by atoms with Crippen LogP contribution in [0.15, 0.2) is 90.0 Å². The fraction of sp³-hybridized carbons (Fsp3) is 0.0714. The van der Waals surface area contributed by atoms with Crippen LogP contribution in [-0.4, -0.2) is 25.5 Å². The molecule has 7 nitrogen and oxygen atoms in total. The Hall–Kier alpha value is -4.57. The molecule has 5 rings (SSSR count). The van der Waals surface area contributed by atoms with Gasteiger partial charge in [-0.15, -0.1) is 0 Å². The summed E-state index contributed by atoms with van der Waals surface area (Å²) >= 11 is 0. The van der Waals surface area contributed by atoms with Crippen LogP contribution in [0.4, 0.5) is 20.3 Å². The van der Waals surface area contributed by atoms with Gasteiger partial charge in [0.1, 0.15) is 28.0 Å². The minimum atomic E-state index is -4.40. The summed E-state index contributed by atoms with van der Waals surface area (Å²) in [6, 6.07) is 21.2. The van der Waals surface area contributed by atoms with E-state index in [1.807, 2.05) is 54.6 Å². The summed E-state index contributed by atoms with van der Waals surface area (Å²) < 4.78 is 60.7. The number of nitrogen functional groups attached to an aromatic ring is 1. The lowest BCUT2D eigenvalue weighted by atomic mass is 10.0. The second kappa shape index (κ2) is 10.1. The molecule has 0 aliphatic carbocycles. The fourth-order valence-electron chi connectivity index (χ4n) is 4.11. The van der Waals surface area contributed by atoms with Gasteiger partial charge in [-0.3, -0.25) is 4.72 Å². The topological polar surface area (TPSA) is 107 Å². The van der Waals surface area contributed by atoms with Gasteiger partial charge >= 0.3 is 0 Å². The van der Waals surface area contributed by atoms with Crippen molar-refractivity contribution < 1.29 is 21.9 Å². The van der Waals surface area contributed by atoms with E-state index in [4.69, 9.17) is 10.5 Å². The van der Waals surface area contributed by atoms with Gasteiger partial charge in [-0.05, 0) is 53.1 Å². The molecular formula is C28H22F2N4O3S. The average Bonchev–Trinajstić information content (AvgIpc) is 2.89. The number of fused-ring (bicyclic) bond motifs is 1. The summed E-state index contributed by atoms with van der Waals surface area (Å²) in [5.41, 5.74) is 10.2. The number of sulfonamides is 1. The molecular weight excluding hydrogens is 510 g/mol. The van der Waals surface area contributed by atoms with Crippen molar-refractivity contribution in [2.45, 2.75) is 11.3 Å². The molecule has 0 bridgehead atoms. The zero-order valence-electron chi connectivity index (χ0n) is 20.2. The molecule has 0 atom stereocenters. The molecule has 0 amide bonds. The number of halogens is 2. The van der Waals surface area contributed by atoms with E-state index in [0.717, 1.165) is 34.2 Å². The number of pyridine rings is 2. The van der Waals surface area contributed by atoms with E-state index in [2.05, 4.69) is 14.7 Å². The molecule has 0 spiro atoms. The van der Waals surface area contributed by atoms with Crippen molar-refractivity contribution in [3.63, 3.8) is 0 Å². The van der Waals surface area contributed by atoms with Crippen LogP contribution in [0.1, 0.15) is 11.1 Å². The third-order valence-electron chi connectivity index (χ3n) is 5.97. The fourth-order valence-corrected chi connectivity index (χ4v) is 5.22. The first kappa shape index (κ1) is 25.1. The first-order valence-electron chi connectivity index (χ1n) is 11.5. The molecule has 0 aliphatic rings. The predicted molar refractivity (Wildman–Crippen MR) is 142 cm³/mol. The first-order valence-corrected chi connectivity index (χ1v) is 13.0. The van der Waals surface area contributed by atoms with Gasteiger partial charge in [-0.2, -0.15) is 0 Å². The molecule has 2 aromatic heterocycles. The molecule has 0 fully saturated rings. The lowest BCUT2D eigenvalue weighted by molar-refractivity contribution is 0.400. The number of hydrogen-bond acceptors (Lipinski definition) is 6. The summed E-state index contributed by atoms with van der Waals surface area (Å²) in [5, 5.41) is 0.842. The third kappa shape index (κ3) is 5.12. The highest BCUT2D eigenvalue weighted by Crippen LogP contribution is 2.32. The van der Waals surface area contributed by atoms with E-state index in [1.54, 1.807) is 0 Å². The predicted octanol–water partition coefficient (Wildman–Crippen LogP) is 5.56. The Bertz CT molecular complexity index is 1760. The van der Waals surface area contributed by atoms with E-state index in [0.29, 0.717) is 29.4 Å². The monoisotopic (exact) mass is 532 g/mol. The number of nitrogens with zero attached hydrogens (tertiary/aromatic N) is 2. The number of rotatable bonds is 7. The van der Waals surface area contributed by atoms with Crippen LogP contribution in [-0.2, 0) is 16.4 Å². The summed E-state index contributed by atoms with van der Waals surface area (Å²) in [6.45, 7) is 0. The van der Waals surface area contributed by atoms with Gasteiger partial charge in [-0.1, -0.05) is 36.4 Å². The number of methoxy groups -OCH3 is 1. The van der Waals surface area contributed by atoms with Crippen molar-refractivity contribution in [3.8, 4) is 17.0 Å². The lowest BCUT2D eigenvalue weighted by Gasteiger charge is -2.14. The van der Waals surface area contributed by atoms with Crippen LogP contribution in [0, 0.1) is 11.6 Å². The van der Waals surface area contributed by atoms with Crippen molar-refractivity contribution in [1.29, 1.82) is 0 Å². The van der Waals surface area contributed by atoms with E-state index < -0.39 is 26.6 Å². The Morgan fingerprint density at radius 1 is 0.947 bits per heavy atom. The molecule has 3 N–H and O–H groups in total. The van der Waals surface area contributed by atoms with E-state index in [9.17, 15) is 17.2 Å². The molecule has 0 radical (unpaired) electrons. The standard InChI is InChI=1S/C28H22F2N4O3S/c1-37-28-25(34-38(35,36)26-10-8-22(29)15-23(26)30)14-21(16-32-28)18-7-9-24-19(12-18)13-20(27(31)33-24)11-17-5-3-2-4-6-17/h2-10,12-16,34H,11H2,1H3,(H2,31,33). The van der Waals surface area contributed by atoms with Crippen LogP contribution in [0.3, 0.4) is 0 Å². The summed E-state index contributed by atoms with van der Waals surface area (Å²) in [4.78, 5) is 8.05. The van der Waals surface area contributed by atoms with Gasteiger partial charge in [0.15, 0.2) is 0 Å². The normalized spacial score (nSPS) is 11.4. The summed E-state index contributed by atoms with van der Waals surface area (Å²) in [7, 11) is -3.07. The van der Waals surface area contributed by atoms with Gasteiger partial charge in [0.05, 0.1) is 12.6 Å².